The van der Waals surface area contributed by atoms with Gasteiger partial charge in [-0.2, -0.15) is 5.26 Å². The molecule has 0 saturated heterocycles. The van der Waals surface area contributed by atoms with E-state index in [1.54, 1.807) is 0 Å². The summed E-state index contributed by atoms with van der Waals surface area (Å²) < 4.78 is 7.40. The second-order valence-corrected chi connectivity index (χ2v) is 20.6. The first kappa shape index (κ1) is 40.8. The van der Waals surface area contributed by atoms with Crippen LogP contribution in [0.15, 0.2) is 231 Å². The average Bonchev–Trinajstić information content (AvgIpc) is 4.32. The number of fused-ring (bicyclic) bond motifs is 9. The van der Waals surface area contributed by atoms with Crippen molar-refractivity contribution in [1.82, 2.24) is 23.7 Å². The number of nitriles is 1. The van der Waals surface area contributed by atoms with Gasteiger partial charge in [-0.3, -0.25) is 9.97 Å². The van der Waals surface area contributed by atoms with Gasteiger partial charge in [-0.05, 0) is 92.0 Å². The van der Waals surface area contributed by atoms with E-state index in [1.165, 1.54) is 37.7 Å². The Kier molecular flexibility index (Phi) is 7.84. The zero-order valence-corrected chi connectivity index (χ0v) is 41.1. The molecule has 0 radical (unpaired) electrons. The van der Waals surface area contributed by atoms with Gasteiger partial charge >= 0.3 is 0 Å². The van der Waals surface area contributed by atoms with Crippen molar-refractivity contribution in [3.05, 3.63) is 236 Å². The summed E-state index contributed by atoms with van der Waals surface area (Å²) in [6.45, 7) is 0. The fraction of sp³-hybridized carbons (Fsp3) is 0. The summed E-state index contributed by atoms with van der Waals surface area (Å²) in [5.41, 5.74) is 15.2. The summed E-state index contributed by atoms with van der Waals surface area (Å²) in [6, 6.07) is 82.1. The van der Waals surface area contributed by atoms with Gasteiger partial charge in [-0.1, -0.05) is 170 Å². The number of benzene rings is 13. The Hall–Kier alpha value is -10.6. The van der Waals surface area contributed by atoms with E-state index < -0.39 is 0 Å². The summed E-state index contributed by atoms with van der Waals surface area (Å²) >= 11 is 0. The van der Waals surface area contributed by atoms with Crippen LogP contribution in [0.2, 0.25) is 0 Å². The fourth-order valence-corrected chi connectivity index (χ4v) is 14.2. The van der Waals surface area contributed by atoms with E-state index >= 15 is 0 Å². The Labute approximate surface area is 438 Å². The fourth-order valence-electron chi connectivity index (χ4n) is 14.2. The molecule has 352 valence electrons. The van der Waals surface area contributed by atoms with Gasteiger partial charge in [0.15, 0.2) is 0 Å². The third kappa shape index (κ3) is 5.04. The molecule has 5 heterocycles. The Morgan fingerprint density at radius 3 is 0.948 bits per heavy atom. The number of aromatic nitrogens is 5. The van der Waals surface area contributed by atoms with E-state index in [2.05, 4.69) is 226 Å². The SMILES string of the molecule is N#Cc1c(-n2c3cccc4c5ccccc5c5cccc2c5c43)c(-c2ccccc2)c(-n2c3cccc4c5cccnc5c5cccc2c5c43)c(-c2ccccc2)c1-n1c2cccc3c4cccnc4c4cccc1c4c32. The lowest BCUT2D eigenvalue weighted by Gasteiger charge is -2.28. The summed E-state index contributed by atoms with van der Waals surface area (Å²) in [5.74, 6) is 0. The van der Waals surface area contributed by atoms with Crippen LogP contribution in [0, 0.1) is 11.3 Å². The van der Waals surface area contributed by atoms with Crippen molar-refractivity contribution in [2.75, 3.05) is 0 Å². The first-order valence-corrected chi connectivity index (χ1v) is 26.2. The molecule has 6 nitrogen and oxygen atoms in total. The second kappa shape index (κ2) is 14.8. The molecule has 13 aromatic carbocycles. The van der Waals surface area contributed by atoms with Crippen molar-refractivity contribution in [1.29, 1.82) is 5.26 Å². The second-order valence-electron chi connectivity index (χ2n) is 20.6. The Morgan fingerprint density at radius 2 is 0.571 bits per heavy atom. The lowest BCUT2D eigenvalue weighted by Crippen LogP contribution is -2.13. The van der Waals surface area contributed by atoms with Crippen LogP contribution >= 0.6 is 0 Å². The van der Waals surface area contributed by atoms with Crippen molar-refractivity contribution >= 4 is 130 Å². The lowest BCUT2D eigenvalue weighted by atomic mass is 9.88. The van der Waals surface area contributed by atoms with Gasteiger partial charge in [0.05, 0.1) is 61.2 Å². The molecule has 0 unspecified atom stereocenters. The Balaban J connectivity index is 1.17. The predicted molar refractivity (Wildman–Crippen MR) is 319 cm³/mol. The van der Waals surface area contributed by atoms with E-state index in [0.29, 0.717) is 5.56 Å². The molecule has 0 aliphatic carbocycles. The molecular weight excluding hydrogens is 937 g/mol. The quantitative estimate of drug-likeness (QED) is 0.161. The molecule has 0 aliphatic heterocycles. The monoisotopic (exact) mass is 974 g/mol. The van der Waals surface area contributed by atoms with Crippen LogP contribution in [-0.4, -0.2) is 23.7 Å². The van der Waals surface area contributed by atoms with E-state index in [9.17, 15) is 5.26 Å². The van der Waals surface area contributed by atoms with Gasteiger partial charge in [-0.15, -0.1) is 0 Å². The van der Waals surface area contributed by atoms with Gasteiger partial charge in [-0.25, -0.2) is 0 Å². The maximum atomic E-state index is 12.8. The van der Waals surface area contributed by atoms with Crippen LogP contribution in [0.3, 0.4) is 0 Å². The average molecular weight is 975 g/mol. The van der Waals surface area contributed by atoms with Crippen molar-refractivity contribution in [3.63, 3.8) is 0 Å². The largest absolute Gasteiger partial charge is 0.308 e. The molecule has 18 aromatic rings. The van der Waals surface area contributed by atoms with E-state index in [0.717, 1.165) is 132 Å². The van der Waals surface area contributed by atoms with Crippen molar-refractivity contribution in [2.45, 2.75) is 0 Å². The molecule has 0 atom stereocenters. The number of hydrogen-bond acceptors (Lipinski definition) is 3. The molecular formula is C71H38N6. The zero-order chi connectivity index (χ0) is 50.2. The maximum absolute atomic E-state index is 12.8. The first-order valence-electron chi connectivity index (χ1n) is 26.2. The molecule has 18 rings (SSSR count). The molecule has 0 fully saturated rings. The highest BCUT2D eigenvalue weighted by Crippen LogP contribution is 2.55. The van der Waals surface area contributed by atoms with Gasteiger partial charge in [0.1, 0.15) is 11.6 Å². The van der Waals surface area contributed by atoms with Crippen LogP contribution in [0.4, 0.5) is 0 Å². The molecule has 5 aromatic heterocycles. The third-order valence-electron chi connectivity index (χ3n) is 17.0. The maximum Gasteiger partial charge on any atom is 0.104 e. The summed E-state index contributed by atoms with van der Waals surface area (Å²) in [7, 11) is 0. The normalized spacial score (nSPS) is 12.4. The molecule has 0 amide bonds. The highest BCUT2D eigenvalue weighted by atomic mass is 15.1. The van der Waals surface area contributed by atoms with E-state index in [1.807, 2.05) is 24.5 Å². The first-order chi connectivity index (χ1) is 38.3. The van der Waals surface area contributed by atoms with Crippen LogP contribution < -0.4 is 0 Å². The molecule has 0 aliphatic rings. The number of hydrogen-bond donors (Lipinski definition) is 0. The minimum absolute atomic E-state index is 0.561. The van der Waals surface area contributed by atoms with Gasteiger partial charge in [0.2, 0.25) is 0 Å². The highest BCUT2D eigenvalue weighted by Gasteiger charge is 2.35. The molecule has 0 bridgehead atoms. The standard InChI is InChI=1S/C71H38N6/c72-39-52-69(75-53-31-9-23-44-42-21-7-8-22-43(42)45-24-10-32-54(75)62(45)61(44)53)59(40-17-3-1-4-18-40)71(77-56-34-12-26-47-49-30-16-38-74-68(49)51-28-14-36-58(77)66(51)64(47)56)60(41-19-5-2-6-20-41)70(52)76-55-33-11-25-46-48-29-15-37-73-67(48)50-27-13-35-57(76)65(50)63(46)55/h1-38H. The van der Waals surface area contributed by atoms with Gasteiger partial charge < -0.3 is 13.7 Å². The van der Waals surface area contributed by atoms with Crippen molar-refractivity contribution < 1.29 is 0 Å². The summed E-state index contributed by atoms with van der Waals surface area (Å²) in [5, 5.41) is 31.2. The zero-order valence-electron chi connectivity index (χ0n) is 41.1. The minimum atomic E-state index is 0.561. The summed E-state index contributed by atoms with van der Waals surface area (Å²) in [4.78, 5) is 10.2. The predicted octanol–water partition coefficient (Wildman–Crippen LogP) is 18.2. The van der Waals surface area contributed by atoms with Gasteiger partial charge in [0, 0.05) is 77.4 Å². The molecule has 77 heavy (non-hydrogen) atoms. The molecule has 0 spiro atoms. The molecule has 0 saturated carbocycles. The number of pyridine rings is 2. The third-order valence-corrected chi connectivity index (χ3v) is 17.0. The topological polar surface area (TPSA) is 64.4 Å². The van der Waals surface area contributed by atoms with Crippen molar-refractivity contribution in [2.24, 2.45) is 0 Å². The number of rotatable bonds is 5. The van der Waals surface area contributed by atoms with Crippen LogP contribution in [0.1, 0.15) is 5.56 Å². The lowest BCUT2D eigenvalue weighted by molar-refractivity contribution is 1.09. The van der Waals surface area contributed by atoms with Crippen LogP contribution in [0.5, 0.6) is 0 Å². The molecule has 0 N–H and O–H groups in total. The van der Waals surface area contributed by atoms with Crippen LogP contribution in [0.25, 0.3) is 170 Å². The smallest absolute Gasteiger partial charge is 0.104 e. The number of nitrogens with zero attached hydrogens (tertiary/aromatic N) is 6. The van der Waals surface area contributed by atoms with E-state index in [-0.39, 0.29) is 0 Å². The Morgan fingerprint density at radius 1 is 0.273 bits per heavy atom. The van der Waals surface area contributed by atoms with Crippen molar-refractivity contribution in [3.8, 4) is 45.4 Å². The van der Waals surface area contributed by atoms with E-state index in [4.69, 9.17) is 9.97 Å². The highest BCUT2D eigenvalue weighted by molar-refractivity contribution is 6.37. The van der Waals surface area contributed by atoms with Gasteiger partial charge in [0.25, 0.3) is 0 Å². The minimum Gasteiger partial charge on any atom is -0.308 e. The van der Waals surface area contributed by atoms with Crippen LogP contribution in [-0.2, 0) is 0 Å². The summed E-state index contributed by atoms with van der Waals surface area (Å²) in [6.07, 6.45) is 3.81. The molecule has 6 heteroatoms. The Bertz CT molecular complexity index is 5070.